The predicted octanol–water partition coefficient (Wildman–Crippen LogP) is 5.11. The molecule has 0 saturated carbocycles. The van der Waals surface area contributed by atoms with Gasteiger partial charge in [0, 0.05) is 17.7 Å². The highest BCUT2D eigenvalue weighted by Gasteiger charge is 2.27. The fourth-order valence-electron chi connectivity index (χ4n) is 3.83. The molecular weight excluding hydrogens is 352 g/mol. The number of amides is 1. The van der Waals surface area contributed by atoms with Gasteiger partial charge < -0.3 is 14.1 Å². The maximum Gasteiger partial charge on any atom is 0.254 e. The zero-order valence-corrected chi connectivity index (χ0v) is 16.0. The molecule has 4 rings (SSSR count). The average Bonchev–Trinajstić information content (AvgIpc) is 3.18. The van der Waals surface area contributed by atoms with Gasteiger partial charge in [-0.1, -0.05) is 37.1 Å². The Hall–Kier alpha value is -3.08. The van der Waals surface area contributed by atoms with Gasteiger partial charge in [-0.3, -0.25) is 4.79 Å². The van der Waals surface area contributed by atoms with Crippen LogP contribution >= 0.6 is 0 Å². The van der Waals surface area contributed by atoms with Crippen molar-refractivity contribution >= 4 is 5.91 Å². The van der Waals surface area contributed by atoms with Crippen LogP contribution < -0.4 is 4.74 Å². The molecule has 144 valence electrons. The molecule has 3 aromatic rings. The highest BCUT2D eigenvalue weighted by atomic mass is 16.5. The molecule has 1 fully saturated rings. The second kappa shape index (κ2) is 8.30. The van der Waals surface area contributed by atoms with E-state index in [9.17, 15) is 4.79 Å². The Bertz CT molecular complexity index is 902. The first kappa shape index (κ1) is 18.3. The van der Waals surface area contributed by atoms with E-state index in [1.807, 2.05) is 41.3 Å². The molecule has 2 heterocycles. The van der Waals surface area contributed by atoms with Gasteiger partial charge in [-0.05, 0) is 42.7 Å². The smallest absolute Gasteiger partial charge is 0.254 e. The number of methoxy groups -OCH3 is 1. The summed E-state index contributed by atoms with van der Waals surface area (Å²) in [6, 6.07) is 15.7. The Kier molecular flexibility index (Phi) is 5.42. The average molecular weight is 376 g/mol. The van der Waals surface area contributed by atoms with Gasteiger partial charge in [-0.15, -0.1) is 0 Å². The van der Waals surface area contributed by atoms with E-state index in [-0.39, 0.29) is 11.9 Å². The number of hydrogen-bond acceptors (Lipinski definition) is 4. The molecule has 1 aliphatic rings. The van der Waals surface area contributed by atoms with E-state index in [2.05, 4.69) is 17.1 Å². The molecule has 1 aromatic heterocycles. The number of rotatable bonds is 4. The van der Waals surface area contributed by atoms with Crippen LogP contribution in [0, 0.1) is 0 Å². The first-order valence-corrected chi connectivity index (χ1v) is 9.70. The third-order valence-electron chi connectivity index (χ3n) is 5.36. The lowest BCUT2D eigenvalue weighted by atomic mass is 9.99. The van der Waals surface area contributed by atoms with Gasteiger partial charge in [0.1, 0.15) is 5.75 Å². The van der Waals surface area contributed by atoms with Crippen molar-refractivity contribution in [3.63, 3.8) is 0 Å². The quantitative estimate of drug-likeness (QED) is 0.635. The zero-order valence-electron chi connectivity index (χ0n) is 16.0. The molecule has 0 N–H and O–H groups in total. The monoisotopic (exact) mass is 376 g/mol. The van der Waals surface area contributed by atoms with E-state index in [0.29, 0.717) is 11.3 Å². The molecule has 1 aliphatic heterocycles. The predicted molar refractivity (Wildman–Crippen MR) is 107 cm³/mol. The van der Waals surface area contributed by atoms with Gasteiger partial charge in [-0.2, -0.15) is 0 Å². The molecule has 28 heavy (non-hydrogen) atoms. The lowest BCUT2D eigenvalue weighted by Gasteiger charge is -2.31. The SMILES string of the molecule is COc1ccc([C@H]2CCCCCN2C(=O)c2ccc(-c3cnco3)cc2)cc1. The number of aromatic nitrogens is 1. The van der Waals surface area contributed by atoms with Crippen molar-refractivity contribution in [2.24, 2.45) is 0 Å². The molecule has 1 amide bonds. The van der Waals surface area contributed by atoms with Crippen LogP contribution in [0.25, 0.3) is 11.3 Å². The third-order valence-corrected chi connectivity index (χ3v) is 5.36. The molecule has 0 radical (unpaired) electrons. The number of likely N-dealkylation sites (tertiary alicyclic amines) is 1. The van der Waals surface area contributed by atoms with Crippen LogP contribution in [-0.2, 0) is 0 Å². The fraction of sp³-hybridized carbons (Fsp3) is 0.304. The number of ether oxygens (including phenoxy) is 1. The van der Waals surface area contributed by atoms with Crippen molar-refractivity contribution in [3.05, 3.63) is 72.2 Å². The van der Waals surface area contributed by atoms with Gasteiger partial charge in [0.25, 0.3) is 5.91 Å². The summed E-state index contributed by atoms with van der Waals surface area (Å²) in [4.78, 5) is 19.3. The van der Waals surface area contributed by atoms with Crippen LogP contribution in [0.3, 0.4) is 0 Å². The molecule has 0 bridgehead atoms. The normalized spacial score (nSPS) is 17.2. The molecule has 0 aliphatic carbocycles. The van der Waals surface area contributed by atoms with E-state index in [0.717, 1.165) is 49.1 Å². The Morgan fingerprint density at radius 2 is 1.86 bits per heavy atom. The van der Waals surface area contributed by atoms with Crippen molar-refractivity contribution in [3.8, 4) is 17.1 Å². The van der Waals surface area contributed by atoms with Crippen LogP contribution in [0.1, 0.15) is 47.6 Å². The number of carbonyl (C=O) groups is 1. The summed E-state index contributed by atoms with van der Waals surface area (Å²) in [6.07, 6.45) is 7.38. The molecule has 1 atom stereocenters. The van der Waals surface area contributed by atoms with Crippen LogP contribution in [0.4, 0.5) is 0 Å². The number of oxazole rings is 1. The molecule has 0 unspecified atom stereocenters. The Balaban J connectivity index is 1.59. The molecular formula is C23H24N2O3. The third kappa shape index (κ3) is 3.79. The highest BCUT2D eigenvalue weighted by Crippen LogP contribution is 2.32. The minimum absolute atomic E-state index is 0.0758. The minimum atomic E-state index is 0.0758. The van der Waals surface area contributed by atoms with Crippen LogP contribution in [0.5, 0.6) is 5.75 Å². The second-order valence-electron chi connectivity index (χ2n) is 7.08. The highest BCUT2D eigenvalue weighted by molar-refractivity contribution is 5.95. The summed E-state index contributed by atoms with van der Waals surface area (Å²) in [5.74, 6) is 1.61. The van der Waals surface area contributed by atoms with Crippen LogP contribution in [0.15, 0.2) is 65.5 Å². The van der Waals surface area contributed by atoms with E-state index >= 15 is 0 Å². The molecule has 5 heteroatoms. The largest absolute Gasteiger partial charge is 0.497 e. The summed E-state index contributed by atoms with van der Waals surface area (Å²) < 4.78 is 10.6. The van der Waals surface area contributed by atoms with Crippen molar-refractivity contribution in [1.29, 1.82) is 0 Å². The maximum atomic E-state index is 13.3. The van der Waals surface area contributed by atoms with Crippen LogP contribution in [0.2, 0.25) is 0 Å². The Labute approximate surface area is 165 Å². The zero-order chi connectivity index (χ0) is 19.3. The van der Waals surface area contributed by atoms with Gasteiger partial charge in [0.2, 0.25) is 0 Å². The summed E-state index contributed by atoms with van der Waals surface area (Å²) in [5.41, 5.74) is 2.77. The van der Waals surface area contributed by atoms with E-state index in [4.69, 9.17) is 9.15 Å². The van der Waals surface area contributed by atoms with E-state index in [1.54, 1.807) is 13.3 Å². The van der Waals surface area contributed by atoms with Gasteiger partial charge in [0.05, 0.1) is 19.3 Å². The van der Waals surface area contributed by atoms with E-state index < -0.39 is 0 Å². The standard InChI is InChI=1S/C23H24N2O3/c1-27-20-12-10-17(11-13-20)21-5-3-2-4-14-25(21)23(26)19-8-6-18(7-9-19)22-15-24-16-28-22/h6-13,15-16,21H,2-5,14H2,1H3/t21-/m1/s1. The van der Waals surface area contributed by atoms with Crippen molar-refractivity contribution in [2.45, 2.75) is 31.7 Å². The lowest BCUT2D eigenvalue weighted by Crippen LogP contribution is -2.34. The second-order valence-corrected chi connectivity index (χ2v) is 7.08. The van der Waals surface area contributed by atoms with Gasteiger partial charge in [0.15, 0.2) is 12.2 Å². The first-order valence-electron chi connectivity index (χ1n) is 9.70. The fourth-order valence-corrected chi connectivity index (χ4v) is 3.83. The van der Waals surface area contributed by atoms with Crippen LogP contribution in [-0.4, -0.2) is 29.4 Å². The summed E-state index contributed by atoms with van der Waals surface area (Å²) in [5, 5.41) is 0. The number of benzene rings is 2. The molecule has 0 spiro atoms. The summed E-state index contributed by atoms with van der Waals surface area (Å²) in [7, 11) is 1.67. The minimum Gasteiger partial charge on any atom is -0.497 e. The maximum absolute atomic E-state index is 13.3. The van der Waals surface area contributed by atoms with Crippen molar-refractivity contribution in [1.82, 2.24) is 9.88 Å². The molecule has 5 nitrogen and oxygen atoms in total. The number of carbonyl (C=O) groups excluding carboxylic acids is 1. The Morgan fingerprint density at radius 1 is 1.07 bits per heavy atom. The number of hydrogen-bond donors (Lipinski definition) is 0. The van der Waals surface area contributed by atoms with E-state index in [1.165, 1.54) is 6.39 Å². The van der Waals surface area contributed by atoms with Crippen molar-refractivity contribution in [2.75, 3.05) is 13.7 Å². The topological polar surface area (TPSA) is 55.6 Å². The first-order chi connectivity index (χ1) is 13.8. The van der Waals surface area contributed by atoms with Crippen molar-refractivity contribution < 1.29 is 13.9 Å². The lowest BCUT2D eigenvalue weighted by molar-refractivity contribution is 0.0681. The van der Waals surface area contributed by atoms with Gasteiger partial charge >= 0.3 is 0 Å². The molecule has 2 aromatic carbocycles. The summed E-state index contributed by atoms with van der Waals surface area (Å²) in [6.45, 7) is 0.777. The molecule has 1 saturated heterocycles. The van der Waals surface area contributed by atoms with Gasteiger partial charge in [-0.25, -0.2) is 4.98 Å². The number of nitrogens with zero attached hydrogens (tertiary/aromatic N) is 2. The Morgan fingerprint density at radius 3 is 2.54 bits per heavy atom. The summed E-state index contributed by atoms with van der Waals surface area (Å²) >= 11 is 0.